The summed E-state index contributed by atoms with van der Waals surface area (Å²) in [6, 6.07) is -0.150. The first-order valence-corrected chi connectivity index (χ1v) is 3.82. The molecule has 2 unspecified atom stereocenters. The fraction of sp³-hybridized carbons (Fsp3) is 0.857. The van der Waals surface area contributed by atoms with Crippen LogP contribution in [-0.4, -0.2) is 55.3 Å². The maximum atomic E-state index is 10.5. The molecule has 64 valence electrons. The van der Waals surface area contributed by atoms with Crippen LogP contribution in [0.15, 0.2) is 0 Å². The minimum Gasteiger partial charge on any atom is -0.477 e. The van der Waals surface area contributed by atoms with E-state index >= 15 is 0 Å². The molecule has 4 heteroatoms. The van der Waals surface area contributed by atoms with Crippen molar-refractivity contribution in [3.05, 3.63) is 0 Å². The first kappa shape index (κ1) is 8.49. The van der Waals surface area contributed by atoms with Gasteiger partial charge < -0.3 is 14.9 Å². The van der Waals surface area contributed by atoms with Crippen molar-refractivity contribution in [1.29, 1.82) is 0 Å². The standard InChI is InChI=1S/C7H14N2O2/c1-8-3-4-9(2)5-6(9)7(10)11/h6,8H,3-5H2,1-2H3/p+1. The van der Waals surface area contributed by atoms with Crippen LogP contribution < -0.4 is 5.32 Å². The first-order valence-electron chi connectivity index (χ1n) is 3.82. The third-order valence-electron chi connectivity index (χ3n) is 2.37. The van der Waals surface area contributed by atoms with Crippen LogP contribution in [0.2, 0.25) is 0 Å². The third kappa shape index (κ3) is 1.70. The highest BCUT2D eigenvalue weighted by Crippen LogP contribution is 2.26. The zero-order chi connectivity index (χ0) is 8.48. The Labute approximate surface area is 66.4 Å². The molecule has 1 aliphatic rings. The summed E-state index contributed by atoms with van der Waals surface area (Å²) in [5, 5.41) is 11.7. The van der Waals surface area contributed by atoms with Crippen LogP contribution in [0.4, 0.5) is 0 Å². The van der Waals surface area contributed by atoms with E-state index in [9.17, 15) is 4.79 Å². The van der Waals surface area contributed by atoms with Crippen LogP contribution >= 0.6 is 0 Å². The van der Waals surface area contributed by atoms with Crippen LogP contribution in [0.25, 0.3) is 0 Å². The predicted molar refractivity (Wildman–Crippen MR) is 41.3 cm³/mol. The van der Waals surface area contributed by atoms with Crippen LogP contribution in [0.5, 0.6) is 0 Å². The van der Waals surface area contributed by atoms with Crippen molar-refractivity contribution in [3.63, 3.8) is 0 Å². The van der Waals surface area contributed by atoms with Crippen molar-refractivity contribution >= 4 is 5.97 Å². The van der Waals surface area contributed by atoms with Crippen LogP contribution in [0, 0.1) is 0 Å². The summed E-state index contributed by atoms with van der Waals surface area (Å²) in [7, 11) is 3.86. The summed E-state index contributed by atoms with van der Waals surface area (Å²) < 4.78 is 0.691. The van der Waals surface area contributed by atoms with Crippen molar-refractivity contribution in [2.24, 2.45) is 0 Å². The largest absolute Gasteiger partial charge is 0.477 e. The molecular formula is C7H15N2O2+. The predicted octanol–water partition coefficient (Wildman–Crippen LogP) is -0.881. The van der Waals surface area contributed by atoms with Gasteiger partial charge in [-0.2, -0.15) is 0 Å². The lowest BCUT2D eigenvalue weighted by Crippen LogP contribution is -2.33. The Kier molecular flexibility index (Phi) is 2.15. The van der Waals surface area contributed by atoms with Crippen molar-refractivity contribution in [1.82, 2.24) is 5.32 Å². The average Bonchev–Trinajstić information content (AvgIpc) is 2.60. The SMILES string of the molecule is CNCC[N+]1(C)CC1C(=O)O. The first-order chi connectivity index (χ1) is 5.10. The lowest BCUT2D eigenvalue weighted by molar-refractivity contribution is -0.785. The maximum Gasteiger partial charge on any atom is 0.368 e. The smallest absolute Gasteiger partial charge is 0.368 e. The summed E-state index contributed by atoms with van der Waals surface area (Å²) in [6.07, 6.45) is 0. The van der Waals surface area contributed by atoms with Crippen LogP contribution in [0.3, 0.4) is 0 Å². The fourth-order valence-electron chi connectivity index (χ4n) is 1.31. The van der Waals surface area contributed by atoms with Crippen LogP contribution in [-0.2, 0) is 4.79 Å². The number of aliphatic carboxylic acids is 1. The number of carboxylic acid groups (broad SMARTS) is 1. The van der Waals surface area contributed by atoms with E-state index in [1.807, 2.05) is 14.1 Å². The van der Waals surface area contributed by atoms with Gasteiger partial charge in [-0.15, -0.1) is 0 Å². The van der Waals surface area contributed by atoms with E-state index in [0.29, 0.717) is 4.48 Å². The van der Waals surface area contributed by atoms with Crippen molar-refractivity contribution < 1.29 is 14.4 Å². The summed E-state index contributed by atoms with van der Waals surface area (Å²) in [4.78, 5) is 10.5. The van der Waals surface area contributed by atoms with Crippen LogP contribution in [0.1, 0.15) is 0 Å². The highest BCUT2D eigenvalue weighted by atomic mass is 16.4. The molecule has 0 radical (unpaired) electrons. The molecule has 0 aromatic carbocycles. The molecule has 0 amide bonds. The number of hydrogen-bond acceptors (Lipinski definition) is 2. The van der Waals surface area contributed by atoms with Gasteiger partial charge in [-0.05, 0) is 7.05 Å². The Morgan fingerprint density at radius 3 is 2.82 bits per heavy atom. The molecule has 0 aromatic rings. The minimum atomic E-state index is -0.663. The Bertz CT molecular complexity index is 172. The van der Waals surface area contributed by atoms with Gasteiger partial charge in [0.15, 0.2) is 0 Å². The third-order valence-corrected chi connectivity index (χ3v) is 2.37. The van der Waals surface area contributed by atoms with E-state index in [4.69, 9.17) is 5.11 Å². The summed E-state index contributed by atoms with van der Waals surface area (Å²) in [5.74, 6) is -0.663. The number of likely N-dealkylation sites (N-methyl/N-ethyl adjacent to an activating group) is 2. The minimum absolute atomic E-state index is 0.150. The van der Waals surface area contributed by atoms with Gasteiger partial charge in [0.1, 0.15) is 6.54 Å². The van der Waals surface area contributed by atoms with Gasteiger partial charge in [0.25, 0.3) is 0 Å². The Hall–Kier alpha value is -0.610. The van der Waals surface area contributed by atoms with Gasteiger partial charge in [0, 0.05) is 6.54 Å². The highest BCUT2D eigenvalue weighted by Gasteiger charge is 2.56. The molecule has 1 saturated heterocycles. The van der Waals surface area contributed by atoms with Crippen molar-refractivity contribution in [2.45, 2.75) is 6.04 Å². The van der Waals surface area contributed by atoms with Gasteiger partial charge in [-0.3, -0.25) is 0 Å². The van der Waals surface area contributed by atoms with Gasteiger partial charge in [-0.25, -0.2) is 4.79 Å². The van der Waals surface area contributed by atoms with Gasteiger partial charge in [-0.1, -0.05) is 0 Å². The molecule has 0 aromatic heterocycles. The molecule has 2 N–H and O–H groups in total. The summed E-state index contributed by atoms with van der Waals surface area (Å²) >= 11 is 0. The van der Waals surface area contributed by atoms with E-state index in [0.717, 1.165) is 19.6 Å². The molecule has 0 saturated carbocycles. The molecule has 1 rings (SSSR count). The molecule has 0 aliphatic carbocycles. The second kappa shape index (κ2) is 2.79. The number of carbonyl (C=O) groups is 1. The molecule has 1 aliphatic heterocycles. The zero-order valence-corrected chi connectivity index (χ0v) is 7.00. The molecule has 0 bridgehead atoms. The van der Waals surface area contributed by atoms with E-state index in [-0.39, 0.29) is 6.04 Å². The molecule has 11 heavy (non-hydrogen) atoms. The number of quaternary nitrogens is 1. The second-order valence-electron chi connectivity index (χ2n) is 3.34. The lowest BCUT2D eigenvalue weighted by atomic mass is 10.5. The Morgan fingerprint density at radius 1 is 1.82 bits per heavy atom. The summed E-state index contributed by atoms with van der Waals surface area (Å²) in [5.41, 5.74) is 0. The number of nitrogens with one attached hydrogen (secondary N) is 1. The normalized spacial score (nSPS) is 35.3. The van der Waals surface area contributed by atoms with E-state index in [1.54, 1.807) is 0 Å². The highest BCUT2D eigenvalue weighted by molar-refractivity contribution is 5.74. The molecule has 2 atom stereocenters. The second-order valence-corrected chi connectivity index (χ2v) is 3.34. The lowest BCUT2D eigenvalue weighted by Gasteiger charge is -2.11. The van der Waals surface area contributed by atoms with Crippen molar-refractivity contribution in [3.8, 4) is 0 Å². The van der Waals surface area contributed by atoms with Gasteiger partial charge in [0.2, 0.25) is 6.04 Å². The monoisotopic (exact) mass is 159 g/mol. The van der Waals surface area contributed by atoms with Crippen molar-refractivity contribution in [2.75, 3.05) is 33.7 Å². The molecule has 1 heterocycles. The number of hydrogen-bond donors (Lipinski definition) is 2. The molecule has 0 spiro atoms. The zero-order valence-electron chi connectivity index (χ0n) is 7.00. The van der Waals surface area contributed by atoms with Gasteiger partial charge in [0.05, 0.1) is 13.6 Å². The molecule has 4 nitrogen and oxygen atoms in total. The molecule has 1 fully saturated rings. The maximum absolute atomic E-state index is 10.5. The average molecular weight is 159 g/mol. The molecular weight excluding hydrogens is 144 g/mol. The van der Waals surface area contributed by atoms with E-state index in [2.05, 4.69) is 5.32 Å². The fourth-order valence-corrected chi connectivity index (χ4v) is 1.31. The van der Waals surface area contributed by atoms with Gasteiger partial charge >= 0.3 is 5.97 Å². The summed E-state index contributed by atoms with van der Waals surface area (Å²) in [6.45, 7) is 2.59. The number of nitrogens with zero attached hydrogens (tertiary/aromatic N) is 1. The quantitative estimate of drug-likeness (QED) is 0.413. The number of rotatable bonds is 4. The Morgan fingerprint density at radius 2 is 2.45 bits per heavy atom. The topological polar surface area (TPSA) is 49.3 Å². The Balaban J connectivity index is 2.30. The van der Waals surface area contributed by atoms with E-state index < -0.39 is 5.97 Å². The van der Waals surface area contributed by atoms with E-state index in [1.165, 1.54) is 0 Å². The number of carboxylic acids is 1.